The largest absolute Gasteiger partial charge is 0.367 e. The smallest absolute Gasteiger partial charge is 0.265 e. The van der Waals surface area contributed by atoms with Gasteiger partial charge in [0.25, 0.3) is 5.91 Å². The Hall–Kier alpha value is -2.32. The summed E-state index contributed by atoms with van der Waals surface area (Å²) in [5.74, 6) is 2.69. The molecule has 2 fully saturated rings. The molecule has 2 aliphatic rings. The number of hydrogen-bond donors (Lipinski definition) is 3. The first-order valence-corrected chi connectivity index (χ1v) is 15.0. The fraction of sp³-hybridized carbons (Fsp3) is 0.633. The van der Waals surface area contributed by atoms with Crippen LogP contribution in [-0.4, -0.2) is 47.1 Å². The lowest BCUT2D eigenvalue weighted by Crippen LogP contribution is -2.40. The molecule has 2 aliphatic heterocycles. The highest BCUT2D eigenvalue weighted by Crippen LogP contribution is 2.38. The van der Waals surface area contributed by atoms with Gasteiger partial charge in [-0.15, -0.1) is 0 Å². The number of carbonyl (C=O) groups is 1. The summed E-state index contributed by atoms with van der Waals surface area (Å²) in [6, 6.07) is 10.3. The zero-order chi connectivity index (χ0) is 27.5. The zero-order valence-corrected chi connectivity index (χ0v) is 25.0. The first-order valence-electron chi connectivity index (χ1n) is 14.2. The highest BCUT2D eigenvalue weighted by molar-refractivity contribution is 7.97. The van der Waals surface area contributed by atoms with Crippen molar-refractivity contribution in [3.63, 3.8) is 0 Å². The van der Waals surface area contributed by atoms with E-state index in [-0.39, 0.29) is 16.9 Å². The molecule has 38 heavy (non-hydrogen) atoms. The predicted octanol–water partition coefficient (Wildman–Crippen LogP) is 6.03. The fourth-order valence-electron chi connectivity index (χ4n) is 5.90. The highest BCUT2D eigenvalue weighted by Gasteiger charge is 2.39. The van der Waals surface area contributed by atoms with E-state index >= 15 is 0 Å². The Balaban J connectivity index is 1.50. The number of pyridine rings is 2. The van der Waals surface area contributed by atoms with Crippen molar-refractivity contribution in [2.24, 2.45) is 11.8 Å². The molecule has 0 spiro atoms. The molecule has 2 atom stereocenters. The summed E-state index contributed by atoms with van der Waals surface area (Å²) in [5.41, 5.74) is 1.44. The SMILES string of the molecule is CCC(Nc1cccc(SNC(=O)c2ccc(C(C)(C)C)nc2N2CC(C)CC2(C)C)n1)C1CCNCC1. The molecule has 3 N–H and O–H groups in total. The summed E-state index contributed by atoms with van der Waals surface area (Å²) >= 11 is 1.26. The second-order valence-corrected chi connectivity index (χ2v) is 13.5. The van der Waals surface area contributed by atoms with Crippen molar-refractivity contribution in [2.45, 2.75) is 96.2 Å². The molecule has 4 rings (SSSR count). The Bertz CT molecular complexity index is 1110. The molecule has 4 heterocycles. The van der Waals surface area contributed by atoms with Gasteiger partial charge in [0, 0.05) is 41.2 Å². The number of nitrogens with zero attached hydrogens (tertiary/aromatic N) is 3. The summed E-state index contributed by atoms with van der Waals surface area (Å²) < 4.78 is 3.05. The minimum absolute atomic E-state index is 0.0587. The molecule has 2 aromatic rings. The lowest BCUT2D eigenvalue weighted by molar-refractivity contribution is 0.0984. The van der Waals surface area contributed by atoms with Crippen LogP contribution in [0.4, 0.5) is 11.6 Å². The van der Waals surface area contributed by atoms with Crippen LogP contribution in [0.1, 0.15) is 90.2 Å². The Labute approximate surface area is 233 Å². The number of amides is 1. The van der Waals surface area contributed by atoms with E-state index in [0.29, 0.717) is 23.4 Å². The van der Waals surface area contributed by atoms with E-state index in [2.05, 4.69) is 68.7 Å². The van der Waals surface area contributed by atoms with Gasteiger partial charge in [0.15, 0.2) is 0 Å². The molecule has 0 radical (unpaired) electrons. The summed E-state index contributed by atoms with van der Waals surface area (Å²) in [6.07, 6.45) is 4.51. The monoisotopic (exact) mass is 538 g/mol. The molecule has 0 aromatic carbocycles. The summed E-state index contributed by atoms with van der Waals surface area (Å²) in [5, 5.41) is 7.87. The topological polar surface area (TPSA) is 82.2 Å². The molecule has 0 bridgehead atoms. The highest BCUT2D eigenvalue weighted by atomic mass is 32.2. The van der Waals surface area contributed by atoms with Crippen molar-refractivity contribution in [3.8, 4) is 0 Å². The van der Waals surface area contributed by atoms with Crippen molar-refractivity contribution in [2.75, 3.05) is 29.9 Å². The van der Waals surface area contributed by atoms with Gasteiger partial charge in [0.2, 0.25) is 0 Å². The van der Waals surface area contributed by atoms with Crippen LogP contribution in [0, 0.1) is 11.8 Å². The van der Waals surface area contributed by atoms with Gasteiger partial charge in [-0.3, -0.25) is 9.52 Å². The quantitative estimate of drug-likeness (QED) is 0.354. The van der Waals surface area contributed by atoms with Crippen molar-refractivity contribution in [3.05, 3.63) is 41.6 Å². The maximum atomic E-state index is 13.5. The van der Waals surface area contributed by atoms with Crippen LogP contribution >= 0.6 is 11.9 Å². The average molecular weight is 539 g/mol. The zero-order valence-electron chi connectivity index (χ0n) is 24.2. The molecule has 2 aromatic heterocycles. The van der Waals surface area contributed by atoms with Crippen LogP contribution in [0.5, 0.6) is 0 Å². The molecule has 7 nitrogen and oxygen atoms in total. The van der Waals surface area contributed by atoms with E-state index in [1.165, 1.54) is 24.8 Å². The van der Waals surface area contributed by atoms with Crippen molar-refractivity contribution < 1.29 is 4.79 Å². The standard InChI is InChI=1S/C30H46N6OS/c1-8-23(21-14-16-31-17-15-21)32-25-10-9-11-26(34-25)38-35-28(37)22-12-13-24(29(3,4)5)33-27(22)36-19-20(2)18-30(36,6)7/h9-13,20-21,23,31H,8,14-19H2,1-7H3,(H,32,34)(H,35,37). The van der Waals surface area contributed by atoms with E-state index in [1.54, 1.807) is 0 Å². The summed E-state index contributed by atoms with van der Waals surface area (Å²) in [7, 11) is 0. The maximum absolute atomic E-state index is 13.5. The molecule has 0 saturated carbocycles. The van der Waals surface area contributed by atoms with Crippen molar-refractivity contribution in [1.29, 1.82) is 0 Å². The number of carbonyl (C=O) groups excluding carboxylic acids is 1. The molecular formula is C30H46N6OS. The lowest BCUT2D eigenvalue weighted by Gasteiger charge is -2.34. The Morgan fingerprint density at radius 1 is 1.18 bits per heavy atom. The van der Waals surface area contributed by atoms with Crippen LogP contribution in [0.15, 0.2) is 35.4 Å². The van der Waals surface area contributed by atoms with Gasteiger partial charge in [-0.25, -0.2) is 9.97 Å². The summed E-state index contributed by atoms with van der Waals surface area (Å²) in [4.78, 5) is 25.7. The third-order valence-corrected chi connectivity index (χ3v) is 8.64. The van der Waals surface area contributed by atoms with Gasteiger partial charge in [-0.1, -0.05) is 40.7 Å². The summed E-state index contributed by atoms with van der Waals surface area (Å²) in [6.45, 7) is 18.5. The van der Waals surface area contributed by atoms with Crippen LogP contribution in [0.25, 0.3) is 0 Å². The first kappa shape index (κ1) is 28.7. The normalized spacial score (nSPS) is 20.8. The Kier molecular flexibility index (Phi) is 8.92. The minimum Gasteiger partial charge on any atom is -0.367 e. The van der Waals surface area contributed by atoms with Crippen molar-refractivity contribution >= 4 is 29.5 Å². The van der Waals surface area contributed by atoms with Gasteiger partial charge < -0.3 is 15.5 Å². The second kappa shape index (κ2) is 11.8. The van der Waals surface area contributed by atoms with E-state index in [9.17, 15) is 4.79 Å². The number of anilines is 2. The van der Waals surface area contributed by atoms with E-state index in [4.69, 9.17) is 9.97 Å². The van der Waals surface area contributed by atoms with Crippen LogP contribution in [0.2, 0.25) is 0 Å². The Morgan fingerprint density at radius 2 is 1.92 bits per heavy atom. The third-order valence-electron chi connectivity index (χ3n) is 7.91. The average Bonchev–Trinajstić information content (AvgIpc) is 3.17. The third kappa shape index (κ3) is 6.81. The number of rotatable bonds is 8. The number of nitrogens with one attached hydrogen (secondary N) is 3. The number of aromatic nitrogens is 2. The first-order chi connectivity index (χ1) is 18.0. The van der Waals surface area contributed by atoms with Gasteiger partial charge in [0.1, 0.15) is 16.7 Å². The minimum atomic E-state index is -0.144. The molecule has 2 saturated heterocycles. The Morgan fingerprint density at radius 3 is 2.55 bits per heavy atom. The molecule has 0 aliphatic carbocycles. The predicted molar refractivity (Wildman–Crippen MR) is 159 cm³/mol. The maximum Gasteiger partial charge on any atom is 0.265 e. The van der Waals surface area contributed by atoms with Crippen LogP contribution in [-0.2, 0) is 5.41 Å². The van der Waals surface area contributed by atoms with Gasteiger partial charge in [-0.05, 0) is 88.7 Å². The van der Waals surface area contributed by atoms with Crippen molar-refractivity contribution in [1.82, 2.24) is 20.0 Å². The van der Waals surface area contributed by atoms with Gasteiger partial charge >= 0.3 is 0 Å². The van der Waals surface area contributed by atoms with Crippen LogP contribution < -0.4 is 20.3 Å². The molecule has 1 amide bonds. The molecule has 2 unspecified atom stereocenters. The van der Waals surface area contributed by atoms with Gasteiger partial charge in [-0.2, -0.15) is 0 Å². The molecule has 8 heteroatoms. The lowest BCUT2D eigenvalue weighted by atomic mass is 9.89. The van der Waals surface area contributed by atoms with E-state index in [1.807, 2.05) is 30.3 Å². The number of piperidine rings is 1. The molecular weight excluding hydrogens is 492 g/mol. The van der Waals surface area contributed by atoms with Crippen LogP contribution in [0.3, 0.4) is 0 Å². The fourth-order valence-corrected chi connectivity index (χ4v) is 6.50. The number of hydrogen-bond acceptors (Lipinski definition) is 7. The van der Waals surface area contributed by atoms with Gasteiger partial charge in [0.05, 0.1) is 5.56 Å². The van der Waals surface area contributed by atoms with E-state index < -0.39 is 0 Å². The van der Waals surface area contributed by atoms with E-state index in [0.717, 1.165) is 54.8 Å². The molecule has 208 valence electrons. The second-order valence-electron chi connectivity index (χ2n) is 12.7.